The molecule has 1 amide bonds. The average molecular weight is 349 g/mol. The van der Waals surface area contributed by atoms with Gasteiger partial charge in [-0.2, -0.15) is 0 Å². The summed E-state index contributed by atoms with van der Waals surface area (Å²) in [6, 6.07) is 14.7. The van der Waals surface area contributed by atoms with E-state index in [4.69, 9.17) is 10.5 Å². The number of nitrogens with one attached hydrogen (secondary N) is 1. The summed E-state index contributed by atoms with van der Waals surface area (Å²) >= 11 is 3.36. The standard InChI is InChI=1S/C16H17BrN2O2/c1-21-12-7-8-14(17)13(9-12)16(20)19-10-15(18)11-5-3-2-4-6-11/h2-9,15H,10,18H2,1H3,(H,19,20). The van der Waals surface area contributed by atoms with Crippen molar-refractivity contribution in [3.8, 4) is 5.75 Å². The zero-order valence-electron chi connectivity index (χ0n) is 11.7. The van der Waals surface area contributed by atoms with Crippen molar-refractivity contribution in [2.45, 2.75) is 6.04 Å². The van der Waals surface area contributed by atoms with Crippen molar-refractivity contribution in [3.05, 3.63) is 64.1 Å². The van der Waals surface area contributed by atoms with Crippen molar-refractivity contribution in [1.82, 2.24) is 5.32 Å². The predicted octanol–water partition coefficient (Wildman–Crippen LogP) is 2.89. The Morgan fingerprint density at radius 3 is 2.67 bits per heavy atom. The number of carbonyl (C=O) groups excluding carboxylic acids is 1. The Morgan fingerprint density at radius 1 is 1.29 bits per heavy atom. The van der Waals surface area contributed by atoms with Crippen LogP contribution >= 0.6 is 15.9 Å². The number of benzene rings is 2. The first kappa shape index (κ1) is 15.5. The van der Waals surface area contributed by atoms with Gasteiger partial charge in [-0.1, -0.05) is 30.3 Å². The molecule has 0 radical (unpaired) electrons. The third-order valence-corrected chi connectivity index (χ3v) is 3.82. The molecular formula is C16H17BrN2O2. The highest BCUT2D eigenvalue weighted by Gasteiger charge is 2.13. The molecule has 5 heteroatoms. The lowest BCUT2D eigenvalue weighted by atomic mass is 10.1. The number of nitrogens with two attached hydrogens (primary N) is 1. The summed E-state index contributed by atoms with van der Waals surface area (Å²) in [7, 11) is 1.57. The van der Waals surface area contributed by atoms with Crippen LogP contribution in [0, 0.1) is 0 Å². The zero-order valence-corrected chi connectivity index (χ0v) is 13.3. The molecule has 2 rings (SSSR count). The molecule has 1 atom stereocenters. The van der Waals surface area contributed by atoms with Gasteiger partial charge in [0.1, 0.15) is 5.75 Å². The molecule has 0 heterocycles. The fourth-order valence-electron chi connectivity index (χ4n) is 1.92. The van der Waals surface area contributed by atoms with Gasteiger partial charge in [0.25, 0.3) is 5.91 Å². The van der Waals surface area contributed by atoms with E-state index in [9.17, 15) is 4.79 Å². The van der Waals surface area contributed by atoms with E-state index in [1.807, 2.05) is 30.3 Å². The molecule has 0 aliphatic heterocycles. The molecule has 0 aliphatic carbocycles. The summed E-state index contributed by atoms with van der Waals surface area (Å²) in [6.07, 6.45) is 0. The second-order valence-electron chi connectivity index (χ2n) is 4.57. The summed E-state index contributed by atoms with van der Waals surface area (Å²) in [5, 5.41) is 2.84. The van der Waals surface area contributed by atoms with E-state index in [0.717, 1.165) is 5.56 Å². The number of methoxy groups -OCH3 is 1. The van der Waals surface area contributed by atoms with Crippen LogP contribution in [0.4, 0.5) is 0 Å². The summed E-state index contributed by atoms with van der Waals surface area (Å²) in [6.45, 7) is 0.368. The molecule has 3 N–H and O–H groups in total. The third kappa shape index (κ3) is 4.06. The number of amides is 1. The Kier molecular flexibility index (Phi) is 5.36. The maximum absolute atomic E-state index is 12.2. The maximum Gasteiger partial charge on any atom is 0.252 e. The van der Waals surface area contributed by atoms with Crippen molar-refractivity contribution < 1.29 is 9.53 Å². The lowest BCUT2D eigenvalue weighted by molar-refractivity contribution is 0.0950. The molecule has 0 aromatic heterocycles. The number of halogens is 1. The first-order valence-corrected chi connectivity index (χ1v) is 7.33. The minimum Gasteiger partial charge on any atom is -0.497 e. The first-order valence-electron chi connectivity index (χ1n) is 6.54. The number of rotatable bonds is 5. The smallest absolute Gasteiger partial charge is 0.252 e. The van der Waals surface area contributed by atoms with Crippen molar-refractivity contribution in [3.63, 3.8) is 0 Å². The molecule has 0 bridgehead atoms. The van der Waals surface area contributed by atoms with Crippen LogP contribution in [0.5, 0.6) is 5.75 Å². The predicted molar refractivity (Wildman–Crippen MR) is 86.4 cm³/mol. The average Bonchev–Trinajstić information content (AvgIpc) is 2.53. The number of hydrogen-bond acceptors (Lipinski definition) is 3. The molecule has 1 unspecified atom stereocenters. The van der Waals surface area contributed by atoms with Crippen LogP contribution < -0.4 is 15.8 Å². The molecule has 0 aliphatic rings. The van der Waals surface area contributed by atoms with Crippen LogP contribution in [0.3, 0.4) is 0 Å². The van der Waals surface area contributed by atoms with Gasteiger partial charge >= 0.3 is 0 Å². The van der Waals surface area contributed by atoms with Crippen LogP contribution in [0.2, 0.25) is 0 Å². The summed E-state index contributed by atoms with van der Waals surface area (Å²) in [5.41, 5.74) is 7.58. The summed E-state index contributed by atoms with van der Waals surface area (Å²) in [5.74, 6) is 0.447. The van der Waals surface area contributed by atoms with Gasteiger partial charge in [-0.3, -0.25) is 4.79 Å². The third-order valence-electron chi connectivity index (χ3n) is 3.13. The maximum atomic E-state index is 12.2. The molecule has 0 saturated heterocycles. The van der Waals surface area contributed by atoms with E-state index < -0.39 is 0 Å². The minimum absolute atomic E-state index is 0.188. The van der Waals surface area contributed by atoms with E-state index >= 15 is 0 Å². The Labute approximate surface area is 132 Å². The van der Waals surface area contributed by atoms with Crippen LogP contribution in [0.15, 0.2) is 53.0 Å². The fraction of sp³-hybridized carbons (Fsp3) is 0.188. The van der Waals surface area contributed by atoms with Crippen molar-refractivity contribution in [2.75, 3.05) is 13.7 Å². The molecular weight excluding hydrogens is 332 g/mol. The minimum atomic E-state index is -0.237. The van der Waals surface area contributed by atoms with Gasteiger partial charge in [-0.25, -0.2) is 0 Å². The van der Waals surface area contributed by atoms with Gasteiger partial charge in [-0.15, -0.1) is 0 Å². The van der Waals surface area contributed by atoms with E-state index in [1.165, 1.54) is 0 Å². The van der Waals surface area contributed by atoms with Gasteiger partial charge < -0.3 is 15.8 Å². The highest BCUT2D eigenvalue weighted by atomic mass is 79.9. The lowest BCUT2D eigenvalue weighted by Gasteiger charge is -2.14. The van der Waals surface area contributed by atoms with Gasteiger partial charge in [-0.05, 0) is 39.7 Å². The molecule has 2 aromatic rings. The van der Waals surface area contributed by atoms with Crippen LogP contribution in [0.25, 0.3) is 0 Å². The van der Waals surface area contributed by atoms with Crippen molar-refractivity contribution >= 4 is 21.8 Å². The van der Waals surface area contributed by atoms with Crippen LogP contribution in [0.1, 0.15) is 22.0 Å². The monoisotopic (exact) mass is 348 g/mol. The molecule has 0 fully saturated rings. The number of carbonyl (C=O) groups is 1. The van der Waals surface area contributed by atoms with Crippen molar-refractivity contribution in [1.29, 1.82) is 0 Å². The largest absolute Gasteiger partial charge is 0.497 e. The quantitative estimate of drug-likeness (QED) is 0.873. The summed E-state index contributed by atoms with van der Waals surface area (Å²) < 4.78 is 5.85. The molecule has 21 heavy (non-hydrogen) atoms. The second kappa shape index (κ2) is 7.24. The van der Waals surface area contributed by atoms with E-state index in [1.54, 1.807) is 25.3 Å². The highest BCUT2D eigenvalue weighted by molar-refractivity contribution is 9.10. The first-order chi connectivity index (χ1) is 10.1. The normalized spacial score (nSPS) is 11.8. The summed E-state index contributed by atoms with van der Waals surface area (Å²) in [4.78, 5) is 12.2. The molecule has 0 saturated carbocycles. The van der Waals surface area contributed by atoms with E-state index in [2.05, 4.69) is 21.2 Å². The SMILES string of the molecule is COc1ccc(Br)c(C(=O)NCC(N)c2ccccc2)c1. The Balaban J connectivity index is 2.02. The number of hydrogen-bond donors (Lipinski definition) is 2. The van der Waals surface area contributed by atoms with Gasteiger partial charge in [0.05, 0.1) is 12.7 Å². The van der Waals surface area contributed by atoms with E-state index in [0.29, 0.717) is 22.3 Å². The Bertz CT molecular complexity index is 617. The molecule has 110 valence electrons. The molecule has 4 nitrogen and oxygen atoms in total. The van der Waals surface area contributed by atoms with Crippen LogP contribution in [-0.4, -0.2) is 19.6 Å². The zero-order chi connectivity index (χ0) is 15.2. The van der Waals surface area contributed by atoms with Gasteiger partial charge in [0.15, 0.2) is 0 Å². The fourth-order valence-corrected chi connectivity index (χ4v) is 2.35. The van der Waals surface area contributed by atoms with Crippen molar-refractivity contribution in [2.24, 2.45) is 5.73 Å². The molecule has 2 aromatic carbocycles. The van der Waals surface area contributed by atoms with E-state index in [-0.39, 0.29) is 11.9 Å². The highest BCUT2D eigenvalue weighted by Crippen LogP contribution is 2.22. The lowest BCUT2D eigenvalue weighted by Crippen LogP contribution is -2.32. The number of ether oxygens (including phenoxy) is 1. The Hall–Kier alpha value is -1.85. The van der Waals surface area contributed by atoms with Crippen LogP contribution in [-0.2, 0) is 0 Å². The van der Waals surface area contributed by atoms with Gasteiger partial charge in [0.2, 0.25) is 0 Å². The second-order valence-corrected chi connectivity index (χ2v) is 5.43. The Morgan fingerprint density at radius 2 is 2.00 bits per heavy atom. The topological polar surface area (TPSA) is 64.3 Å². The van der Waals surface area contributed by atoms with Gasteiger partial charge in [0, 0.05) is 17.1 Å². The molecule has 0 spiro atoms.